The molecule has 1 aliphatic heterocycles. The molecule has 6 nitrogen and oxygen atoms in total. The van der Waals surface area contributed by atoms with Crippen molar-refractivity contribution in [2.75, 3.05) is 36.0 Å². The molecule has 0 amide bonds. The van der Waals surface area contributed by atoms with Gasteiger partial charge in [-0.25, -0.2) is 15.0 Å². The summed E-state index contributed by atoms with van der Waals surface area (Å²) in [6.45, 7) is 3.72. The highest BCUT2D eigenvalue weighted by Gasteiger charge is 2.25. The third kappa shape index (κ3) is 3.13. The van der Waals surface area contributed by atoms with Crippen LogP contribution in [0.5, 0.6) is 0 Å². The number of nitrogens with one attached hydrogen (secondary N) is 1. The van der Waals surface area contributed by atoms with Gasteiger partial charge in [0.25, 0.3) is 5.82 Å². The molecule has 4 heterocycles. The standard InChI is InChI=1S/C22H20N6/c1-2-8-19-18(7-1)22(26-21(25-19)17-6-5-10-23-16-17)28-14-12-27(13-15-28)20-9-3-4-11-24-20/h1-11,16H,12-15H2/p+1. The molecule has 6 heteroatoms. The van der Waals surface area contributed by atoms with Crippen molar-refractivity contribution < 1.29 is 4.98 Å². The number of anilines is 2. The Morgan fingerprint density at radius 2 is 1.61 bits per heavy atom. The van der Waals surface area contributed by atoms with Crippen molar-refractivity contribution in [2.24, 2.45) is 0 Å². The molecule has 1 aliphatic rings. The predicted molar refractivity (Wildman–Crippen MR) is 110 cm³/mol. The summed E-state index contributed by atoms with van der Waals surface area (Å²) in [7, 11) is 0. The lowest BCUT2D eigenvalue weighted by molar-refractivity contribution is -0.364. The number of para-hydroxylation sites is 1. The van der Waals surface area contributed by atoms with Gasteiger partial charge in [0.1, 0.15) is 18.9 Å². The summed E-state index contributed by atoms with van der Waals surface area (Å²) in [6, 6.07) is 18.3. The maximum absolute atomic E-state index is 4.94. The second kappa shape index (κ2) is 7.23. The highest BCUT2D eigenvalue weighted by molar-refractivity contribution is 5.91. The third-order valence-electron chi connectivity index (χ3n) is 5.12. The smallest absolute Gasteiger partial charge is 0.274 e. The first-order valence-electron chi connectivity index (χ1n) is 9.52. The Hall–Kier alpha value is -3.54. The number of fused-ring (bicyclic) bond motifs is 1. The first-order chi connectivity index (χ1) is 13.9. The molecule has 0 saturated carbocycles. The minimum absolute atomic E-state index is 0.723. The van der Waals surface area contributed by atoms with Crippen LogP contribution >= 0.6 is 0 Å². The summed E-state index contributed by atoms with van der Waals surface area (Å²) in [4.78, 5) is 22.0. The number of aromatic nitrogens is 4. The topological polar surface area (TPSA) is 59.3 Å². The molecule has 4 aromatic rings. The molecular weight excluding hydrogens is 348 g/mol. The zero-order valence-corrected chi connectivity index (χ0v) is 15.5. The van der Waals surface area contributed by atoms with Crippen LogP contribution in [0.4, 0.5) is 11.6 Å². The van der Waals surface area contributed by atoms with Crippen molar-refractivity contribution in [3.05, 3.63) is 73.2 Å². The first kappa shape index (κ1) is 16.6. The van der Waals surface area contributed by atoms with E-state index in [1.54, 1.807) is 6.20 Å². The van der Waals surface area contributed by atoms with E-state index in [4.69, 9.17) is 9.97 Å². The Labute approximate surface area is 163 Å². The SMILES string of the molecule is c1ccc(N2CCN(c3nc(-c4cccnc4)nc4ccccc34)CC2)[nH+]c1. The van der Waals surface area contributed by atoms with Crippen molar-refractivity contribution in [2.45, 2.75) is 0 Å². The minimum atomic E-state index is 0.723. The zero-order chi connectivity index (χ0) is 18.8. The molecule has 28 heavy (non-hydrogen) atoms. The second-order valence-electron chi connectivity index (χ2n) is 6.85. The average molecular weight is 369 g/mol. The van der Waals surface area contributed by atoms with Gasteiger partial charge in [-0.3, -0.25) is 9.88 Å². The summed E-state index contributed by atoms with van der Waals surface area (Å²) >= 11 is 0. The largest absolute Gasteiger partial charge is 0.348 e. The van der Waals surface area contributed by atoms with Crippen LogP contribution in [-0.2, 0) is 0 Å². The van der Waals surface area contributed by atoms with Crippen LogP contribution in [0.15, 0.2) is 73.2 Å². The molecule has 0 unspecified atom stereocenters. The number of rotatable bonds is 3. The van der Waals surface area contributed by atoms with E-state index in [9.17, 15) is 0 Å². The van der Waals surface area contributed by atoms with E-state index in [2.05, 4.69) is 44.0 Å². The number of pyridine rings is 2. The zero-order valence-electron chi connectivity index (χ0n) is 15.5. The highest BCUT2D eigenvalue weighted by Crippen LogP contribution is 2.28. The fourth-order valence-corrected chi connectivity index (χ4v) is 3.66. The van der Waals surface area contributed by atoms with Crippen molar-refractivity contribution in [1.82, 2.24) is 15.0 Å². The molecule has 138 valence electrons. The van der Waals surface area contributed by atoms with Gasteiger partial charge in [0.2, 0.25) is 0 Å². The molecular formula is C22H21N6+. The molecule has 0 atom stereocenters. The van der Waals surface area contributed by atoms with E-state index < -0.39 is 0 Å². The van der Waals surface area contributed by atoms with Gasteiger partial charge in [0, 0.05) is 29.4 Å². The number of hydrogen-bond acceptors (Lipinski definition) is 5. The summed E-state index contributed by atoms with van der Waals surface area (Å²) in [6.07, 6.45) is 5.56. The van der Waals surface area contributed by atoms with E-state index in [1.165, 1.54) is 0 Å². The van der Waals surface area contributed by atoms with Crippen molar-refractivity contribution >= 4 is 22.5 Å². The molecule has 1 aromatic carbocycles. The van der Waals surface area contributed by atoms with Crippen LogP contribution < -0.4 is 14.8 Å². The summed E-state index contributed by atoms with van der Waals surface area (Å²) in [5, 5.41) is 1.09. The predicted octanol–water partition coefficient (Wildman–Crippen LogP) is 2.83. The van der Waals surface area contributed by atoms with Crippen LogP contribution in [0.2, 0.25) is 0 Å². The van der Waals surface area contributed by atoms with E-state index >= 15 is 0 Å². The fourth-order valence-electron chi connectivity index (χ4n) is 3.66. The highest BCUT2D eigenvalue weighted by atomic mass is 15.3. The van der Waals surface area contributed by atoms with Gasteiger partial charge in [-0.2, -0.15) is 0 Å². The van der Waals surface area contributed by atoms with E-state index in [0.29, 0.717) is 0 Å². The van der Waals surface area contributed by atoms with E-state index in [1.807, 2.05) is 42.7 Å². The monoisotopic (exact) mass is 369 g/mol. The third-order valence-corrected chi connectivity index (χ3v) is 5.12. The molecule has 3 aromatic heterocycles. The minimum Gasteiger partial charge on any atom is -0.348 e. The maximum atomic E-state index is 4.94. The van der Waals surface area contributed by atoms with Gasteiger partial charge in [-0.1, -0.05) is 18.2 Å². The van der Waals surface area contributed by atoms with E-state index in [-0.39, 0.29) is 0 Å². The van der Waals surface area contributed by atoms with Gasteiger partial charge in [-0.05, 0) is 30.3 Å². The Bertz CT molecular complexity index is 1080. The number of hydrogen-bond donors (Lipinski definition) is 0. The number of nitrogens with zero attached hydrogens (tertiary/aromatic N) is 5. The Kier molecular flexibility index (Phi) is 4.29. The Morgan fingerprint density at radius 1 is 0.786 bits per heavy atom. The number of benzene rings is 1. The average Bonchev–Trinajstić information content (AvgIpc) is 2.80. The van der Waals surface area contributed by atoms with Crippen molar-refractivity contribution in [3.63, 3.8) is 0 Å². The summed E-state index contributed by atoms with van der Waals surface area (Å²) < 4.78 is 0. The summed E-state index contributed by atoms with van der Waals surface area (Å²) in [5.41, 5.74) is 1.90. The molecule has 1 fully saturated rings. The molecule has 1 saturated heterocycles. The first-order valence-corrected chi connectivity index (χ1v) is 9.52. The molecule has 0 aliphatic carbocycles. The number of H-pyrrole nitrogens is 1. The molecule has 0 radical (unpaired) electrons. The van der Waals surface area contributed by atoms with Crippen molar-refractivity contribution in [3.8, 4) is 11.4 Å². The van der Waals surface area contributed by atoms with Gasteiger partial charge < -0.3 is 4.90 Å². The molecule has 0 spiro atoms. The Morgan fingerprint density at radius 3 is 2.39 bits per heavy atom. The fraction of sp³-hybridized carbons (Fsp3) is 0.182. The van der Waals surface area contributed by atoms with Crippen LogP contribution in [0.3, 0.4) is 0 Å². The van der Waals surface area contributed by atoms with Crippen LogP contribution in [-0.4, -0.2) is 41.1 Å². The normalized spacial score (nSPS) is 14.4. The second-order valence-corrected chi connectivity index (χ2v) is 6.85. The van der Waals surface area contributed by atoms with Crippen LogP contribution in [0.1, 0.15) is 0 Å². The molecule has 5 rings (SSSR count). The lowest BCUT2D eigenvalue weighted by Gasteiger charge is -2.32. The van der Waals surface area contributed by atoms with Gasteiger partial charge in [0.05, 0.1) is 24.8 Å². The molecule has 0 bridgehead atoms. The Balaban J connectivity index is 1.49. The van der Waals surface area contributed by atoms with Gasteiger partial charge in [0.15, 0.2) is 5.82 Å². The number of aromatic amines is 1. The lowest BCUT2D eigenvalue weighted by atomic mass is 10.2. The van der Waals surface area contributed by atoms with Crippen molar-refractivity contribution in [1.29, 1.82) is 0 Å². The van der Waals surface area contributed by atoms with Crippen LogP contribution in [0.25, 0.3) is 22.3 Å². The molecule has 1 N–H and O–H groups in total. The van der Waals surface area contributed by atoms with E-state index in [0.717, 1.165) is 60.1 Å². The van der Waals surface area contributed by atoms with Gasteiger partial charge in [-0.15, -0.1) is 0 Å². The lowest BCUT2D eigenvalue weighted by Crippen LogP contribution is -2.48. The van der Waals surface area contributed by atoms with Crippen LogP contribution in [0, 0.1) is 0 Å². The van der Waals surface area contributed by atoms with Gasteiger partial charge >= 0.3 is 0 Å². The number of piperazine rings is 1. The maximum Gasteiger partial charge on any atom is 0.274 e. The quantitative estimate of drug-likeness (QED) is 0.556. The summed E-state index contributed by atoms with van der Waals surface area (Å²) in [5.74, 6) is 2.88.